The van der Waals surface area contributed by atoms with Crippen LogP contribution in [0.3, 0.4) is 0 Å². The molecule has 2 aliphatic rings. The molecule has 3 rings (SSSR count). The van der Waals surface area contributed by atoms with Crippen LogP contribution in [-0.4, -0.2) is 79.9 Å². The van der Waals surface area contributed by atoms with Crippen LogP contribution in [0.25, 0.3) is 0 Å². The largest absolute Gasteiger partial charge is 0.482 e. The highest BCUT2D eigenvalue weighted by Crippen LogP contribution is 2.31. The molecule has 1 aromatic carbocycles. The highest BCUT2D eigenvalue weighted by atomic mass is 16.5. The zero-order chi connectivity index (χ0) is 22.4. The van der Waals surface area contributed by atoms with Gasteiger partial charge in [0.05, 0.1) is 24.8 Å². The van der Waals surface area contributed by atoms with Gasteiger partial charge in [0.15, 0.2) is 6.61 Å². The minimum Gasteiger partial charge on any atom is -0.482 e. The minimum atomic E-state index is -0.216. The summed E-state index contributed by atoms with van der Waals surface area (Å²) in [6.45, 7) is 3.22. The number of fused-ring (bicyclic) bond motifs is 1. The number of likely N-dealkylation sites (N-methyl/N-ethyl adjacent to an activating group) is 1. The van der Waals surface area contributed by atoms with E-state index in [9.17, 15) is 19.2 Å². The summed E-state index contributed by atoms with van der Waals surface area (Å²) in [5.41, 5.74) is 0.648. The summed E-state index contributed by atoms with van der Waals surface area (Å²) in [5.74, 6) is -0.324. The van der Waals surface area contributed by atoms with Crippen molar-refractivity contribution in [1.82, 2.24) is 9.80 Å². The second kappa shape index (κ2) is 10.3. The predicted octanol–water partition coefficient (Wildman–Crippen LogP) is 1.06. The van der Waals surface area contributed by atoms with E-state index < -0.39 is 0 Å². The number of amides is 3. The Morgan fingerprint density at radius 3 is 2.61 bits per heavy atom. The van der Waals surface area contributed by atoms with Gasteiger partial charge < -0.3 is 24.2 Å². The number of carbonyl (C=O) groups is 4. The van der Waals surface area contributed by atoms with E-state index in [0.717, 1.165) is 0 Å². The second-order valence-corrected chi connectivity index (χ2v) is 7.71. The van der Waals surface area contributed by atoms with Crippen LogP contribution in [0.2, 0.25) is 0 Å². The molecule has 1 aromatic rings. The van der Waals surface area contributed by atoms with Crippen molar-refractivity contribution in [2.24, 2.45) is 5.92 Å². The summed E-state index contributed by atoms with van der Waals surface area (Å²) >= 11 is 0. The number of hydrogen-bond donors (Lipinski definition) is 0. The summed E-state index contributed by atoms with van der Waals surface area (Å²) in [7, 11) is 1.58. The van der Waals surface area contributed by atoms with E-state index in [1.807, 2.05) is 12.1 Å². The molecule has 0 radical (unpaired) electrons. The smallest absolute Gasteiger partial charge is 0.309 e. The number of carbonyl (C=O) groups excluding carboxylic acids is 4. The lowest BCUT2D eigenvalue weighted by Crippen LogP contribution is -2.46. The molecular formula is C22H29N3O6. The molecule has 1 fully saturated rings. The fourth-order valence-corrected chi connectivity index (χ4v) is 3.81. The first-order chi connectivity index (χ1) is 14.9. The molecule has 3 amide bonds. The van der Waals surface area contributed by atoms with Gasteiger partial charge in [-0.15, -0.1) is 0 Å². The van der Waals surface area contributed by atoms with Crippen LogP contribution in [0.1, 0.15) is 26.2 Å². The standard InChI is InChI=1S/C22H29N3O6/c1-3-30-22(29)16-8-11-24(12-9-16)20(27)14-23(2)19(26)10-13-25-17-6-4-5-7-18(17)31-15-21(25)28/h4-7,16H,3,8-15H2,1-2H3. The Morgan fingerprint density at radius 1 is 1.19 bits per heavy atom. The number of hydrogen-bond acceptors (Lipinski definition) is 6. The number of likely N-dealkylation sites (tertiary alicyclic amines) is 1. The molecule has 31 heavy (non-hydrogen) atoms. The SMILES string of the molecule is CCOC(=O)C1CCN(C(=O)CN(C)C(=O)CCN2C(=O)COc3ccccc32)CC1. The highest BCUT2D eigenvalue weighted by molar-refractivity contribution is 5.98. The summed E-state index contributed by atoms with van der Waals surface area (Å²) in [5, 5.41) is 0. The summed E-state index contributed by atoms with van der Waals surface area (Å²) in [6, 6.07) is 7.20. The Morgan fingerprint density at radius 2 is 1.90 bits per heavy atom. The summed E-state index contributed by atoms with van der Waals surface area (Å²) < 4.78 is 10.5. The predicted molar refractivity (Wildman–Crippen MR) is 112 cm³/mol. The lowest BCUT2D eigenvalue weighted by atomic mass is 9.97. The van der Waals surface area contributed by atoms with Crippen molar-refractivity contribution < 1.29 is 28.7 Å². The van der Waals surface area contributed by atoms with Crippen LogP contribution < -0.4 is 9.64 Å². The quantitative estimate of drug-likeness (QED) is 0.599. The third kappa shape index (κ3) is 5.53. The van der Waals surface area contributed by atoms with Crippen molar-refractivity contribution in [3.8, 4) is 5.75 Å². The van der Waals surface area contributed by atoms with Crippen LogP contribution in [0.4, 0.5) is 5.69 Å². The Balaban J connectivity index is 1.46. The van der Waals surface area contributed by atoms with E-state index in [0.29, 0.717) is 44.0 Å². The molecule has 0 saturated carbocycles. The van der Waals surface area contributed by atoms with Crippen LogP contribution in [0.15, 0.2) is 24.3 Å². The number of para-hydroxylation sites is 2. The van der Waals surface area contributed by atoms with Gasteiger partial charge in [-0.05, 0) is 31.9 Å². The zero-order valence-corrected chi connectivity index (χ0v) is 18.0. The molecule has 9 heteroatoms. The van der Waals surface area contributed by atoms with Gasteiger partial charge in [0.1, 0.15) is 5.75 Å². The van der Waals surface area contributed by atoms with E-state index in [-0.39, 0.29) is 55.7 Å². The van der Waals surface area contributed by atoms with Crippen molar-refractivity contribution in [3.63, 3.8) is 0 Å². The fraction of sp³-hybridized carbons (Fsp3) is 0.545. The van der Waals surface area contributed by atoms with Crippen molar-refractivity contribution in [3.05, 3.63) is 24.3 Å². The maximum atomic E-state index is 12.6. The Labute approximate surface area is 181 Å². The van der Waals surface area contributed by atoms with E-state index in [1.54, 1.807) is 35.9 Å². The summed E-state index contributed by atoms with van der Waals surface area (Å²) in [4.78, 5) is 53.8. The Hall–Kier alpha value is -3.10. The van der Waals surface area contributed by atoms with E-state index in [1.165, 1.54) is 4.90 Å². The molecular weight excluding hydrogens is 402 g/mol. The van der Waals surface area contributed by atoms with Crippen LogP contribution in [-0.2, 0) is 23.9 Å². The second-order valence-electron chi connectivity index (χ2n) is 7.71. The lowest BCUT2D eigenvalue weighted by Gasteiger charge is -2.32. The number of benzene rings is 1. The fourth-order valence-electron chi connectivity index (χ4n) is 3.81. The molecule has 0 unspecified atom stereocenters. The van der Waals surface area contributed by atoms with E-state index in [4.69, 9.17) is 9.47 Å². The van der Waals surface area contributed by atoms with Crippen molar-refractivity contribution in [1.29, 1.82) is 0 Å². The molecule has 1 saturated heterocycles. The number of esters is 1. The van der Waals surface area contributed by atoms with Gasteiger partial charge in [-0.2, -0.15) is 0 Å². The molecule has 2 heterocycles. The van der Waals surface area contributed by atoms with Gasteiger partial charge in [-0.1, -0.05) is 12.1 Å². The molecule has 0 bridgehead atoms. The van der Waals surface area contributed by atoms with Crippen molar-refractivity contribution in [2.75, 3.05) is 51.3 Å². The minimum absolute atomic E-state index is 0.0312. The molecule has 168 valence electrons. The van der Waals surface area contributed by atoms with Crippen LogP contribution in [0.5, 0.6) is 5.75 Å². The van der Waals surface area contributed by atoms with Crippen molar-refractivity contribution in [2.45, 2.75) is 26.2 Å². The number of piperidine rings is 1. The topological polar surface area (TPSA) is 96.5 Å². The zero-order valence-electron chi connectivity index (χ0n) is 18.0. The molecule has 0 aliphatic carbocycles. The summed E-state index contributed by atoms with van der Waals surface area (Å²) in [6.07, 6.45) is 1.25. The number of ether oxygens (including phenoxy) is 2. The first-order valence-corrected chi connectivity index (χ1v) is 10.6. The molecule has 0 N–H and O–H groups in total. The molecule has 0 spiro atoms. The van der Waals surface area contributed by atoms with Gasteiger partial charge >= 0.3 is 5.97 Å². The van der Waals surface area contributed by atoms with Gasteiger partial charge in [0.2, 0.25) is 11.8 Å². The Bertz CT molecular complexity index is 834. The van der Waals surface area contributed by atoms with Crippen LogP contribution >= 0.6 is 0 Å². The maximum absolute atomic E-state index is 12.6. The maximum Gasteiger partial charge on any atom is 0.309 e. The third-order valence-electron chi connectivity index (χ3n) is 5.62. The average molecular weight is 431 g/mol. The monoisotopic (exact) mass is 431 g/mol. The van der Waals surface area contributed by atoms with Gasteiger partial charge in [-0.25, -0.2) is 0 Å². The van der Waals surface area contributed by atoms with E-state index >= 15 is 0 Å². The Kier molecular flexibility index (Phi) is 7.49. The van der Waals surface area contributed by atoms with Gasteiger partial charge in [0.25, 0.3) is 5.91 Å². The lowest BCUT2D eigenvalue weighted by molar-refractivity contribution is -0.151. The first kappa shape index (κ1) is 22.6. The van der Waals surface area contributed by atoms with E-state index in [2.05, 4.69) is 0 Å². The van der Waals surface area contributed by atoms with Gasteiger partial charge in [0, 0.05) is 33.1 Å². The average Bonchev–Trinajstić information content (AvgIpc) is 2.78. The van der Waals surface area contributed by atoms with Crippen molar-refractivity contribution >= 4 is 29.4 Å². The molecule has 2 aliphatic heterocycles. The molecule has 0 atom stereocenters. The van der Waals surface area contributed by atoms with Gasteiger partial charge in [-0.3, -0.25) is 19.2 Å². The van der Waals surface area contributed by atoms with Crippen LogP contribution in [0, 0.1) is 5.92 Å². The third-order valence-corrected chi connectivity index (χ3v) is 5.62. The highest BCUT2D eigenvalue weighted by Gasteiger charge is 2.29. The number of rotatable bonds is 7. The number of nitrogens with zero attached hydrogens (tertiary/aromatic N) is 3. The normalized spacial score (nSPS) is 16.4. The number of anilines is 1. The molecule has 0 aromatic heterocycles. The molecule has 9 nitrogen and oxygen atoms in total. The first-order valence-electron chi connectivity index (χ1n) is 10.6.